The zero-order chi connectivity index (χ0) is 21.4. The van der Waals surface area contributed by atoms with Gasteiger partial charge in [0, 0.05) is 17.7 Å². The quantitative estimate of drug-likeness (QED) is 0.609. The van der Waals surface area contributed by atoms with E-state index >= 15 is 0 Å². The summed E-state index contributed by atoms with van der Waals surface area (Å²) in [6.45, 7) is 10.1. The molecule has 2 aromatic carbocycles. The molecule has 0 aliphatic heterocycles. The Morgan fingerprint density at radius 2 is 1.55 bits per heavy atom. The second-order valence-corrected chi connectivity index (χ2v) is 8.16. The summed E-state index contributed by atoms with van der Waals surface area (Å²) in [5, 5.41) is 7.76. The molecular formula is C24H34N3O2+. The van der Waals surface area contributed by atoms with Gasteiger partial charge in [-0.3, -0.25) is 9.59 Å². The Morgan fingerprint density at radius 3 is 2.14 bits per heavy atom. The third-order valence-corrected chi connectivity index (χ3v) is 5.06. The predicted molar refractivity (Wildman–Crippen MR) is 118 cm³/mol. The molecule has 5 nitrogen and oxygen atoms in total. The molecular weight excluding hydrogens is 362 g/mol. The minimum atomic E-state index is -0.285. The minimum Gasteiger partial charge on any atom is -0.342 e. The molecule has 4 N–H and O–H groups in total. The third-order valence-electron chi connectivity index (χ3n) is 5.06. The van der Waals surface area contributed by atoms with Crippen molar-refractivity contribution in [3.05, 3.63) is 65.2 Å². The Balaban J connectivity index is 1.91. The first-order valence-corrected chi connectivity index (χ1v) is 10.3. The van der Waals surface area contributed by atoms with Crippen molar-refractivity contribution < 1.29 is 14.9 Å². The molecule has 0 saturated carbocycles. The molecule has 2 atom stereocenters. The van der Waals surface area contributed by atoms with E-state index in [0.29, 0.717) is 5.92 Å². The molecule has 0 spiro atoms. The van der Waals surface area contributed by atoms with Gasteiger partial charge in [-0.05, 0) is 37.8 Å². The van der Waals surface area contributed by atoms with Crippen LogP contribution < -0.4 is 16.0 Å². The fourth-order valence-electron chi connectivity index (χ4n) is 3.49. The molecule has 0 aliphatic carbocycles. The van der Waals surface area contributed by atoms with Crippen LogP contribution in [0.5, 0.6) is 0 Å². The lowest BCUT2D eigenvalue weighted by atomic mass is 9.96. The van der Waals surface area contributed by atoms with Gasteiger partial charge < -0.3 is 16.0 Å². The van der Waals surface area contributed by atoms with E-state index in [1.54, 1.807) is 0 Å². The first kappa shape index (κ1) is 22.6. The summed E-state index contributed by atoms with van der Waals surface area (Å²) in [6, 6.07) is 16.1. The number of quaternary nitrogens is 1. The number of para-hydroxylation sites is 1. The molecule has 156 valence electrons. The molecule has 0 unspecified atom stereocenters. The number of carbonyl (C=O) groups excluding carboxylic acids is 2. The largest absolute Gasteiger partial charge is 0.342 e. The zero-order valence-electron chi connectivity index (χ0n) is 18.2. The standard InChI is InChI=1S/C24H33N3O2/c1-16(2)14-21(20-12-7-6-8-13-20)26-19(5)24(29)25-15-22(28)27-23-17(3)10-9-11-18(23)4/h6-13,16,19,21,26H,14-15H2,1-5H3,(H,25,29)(H,27,28)/p+1/t19-,21+/m1/s1. The number of hydrogen-bond donors (Lipinski definition) is 3. The fraction of sp³-hybridized carbons (Fsp3) is 0.417. The van der Waals surface area contributed by atoms with Gasteiger partial charge >= 0.3 is 0 Å². The first-order valence-electron chi connectivity index (χ1n) is 10.3. The Labute approximate surface area is 174 Å². The van der Waals surface area contributed by atoms with E-state index in [2.05, 4.69) is 41.9 Å². The number of anilines is 1. The molecule has 0 heterocycles. The van der Waals surface area contributed by atoms with E-state index < -0.39 is 0 Å². The topological polar surface area (TPSA) is 74.8 Å². The molecule has 0 aliphatic rings. The van der Waals surface area contributed by atoms with E-state index in [0.717, 1.165) is 23.2 Å². The number of hydrogen-bond acceptors (Lipinski definition) is 2. The van der Waals surface area contributed by atoms with E-state index in [-0.39, 0.29) is 30.4 Å². The van der Waals surface area contributed by atoms with E-state index in [1.807, 2.05) is 57.2 Å². The molecule has 0 radical (unpaired) electrons. The molecule has 29 heavy (non-hydrogen) atoms. The highest BCUT2D eigenvalue weighted by molar-refractivity contribution is 5.96. The van der Waals surface area contributed by atoms with Crippen LogP contribution in [0.4, 0.5) is 5.69 Å². The Bertz CT molecular complexity index is 798. The van der Waals surface area contributed by atoms with Gasteiger partial charge in [-0.25, -0.2) is 0 Å². The number of carbonyl (C=O) groups is 2. The molecule has 5 heteroatoms. The molecule has 0 fully saturated rings. The van der Waals surface area contributed by atoms with Crippen molar-refractivity contribution in [2.24, 2.45) is 5.92 Å². The maximum absolute atomic E-state index is 12.6. The molecule has 0 saturated heterocycles. The Hall–Kier alpha value is -2.66. The normalized spacial score (nSPS) is 13.0. The van der Waals surface area contributed by atoms with Crippen molar-refractivity contribution in [3.63, 3.8) is 0 Å². The fourth-order valence-corrected chi connectivity index (χ4v) is 3.49. The van der Waals surface area contributed by atoms with E-state index in [1.165, 1.54) is 5.56 Å². The lowest BCUT2D eigenvalue weighted by Gasteiger charge is -2.21. The lowest BCUT2D eigenvalue weighted by molar-refractivity contribution is -0.714. The maximum atomic E-state index is 12.6. The number of rotatable bonds is 9. The van der Waals surface area contributed by atoms with Crippen LogP contribution >= 0.6 is 0 Å². The predicted octanol–water partition coefficient (Wildman–Crippen LogP) is 3.10. The third kappa shape index (κ3) is 7.02. The molecule has 0 bridgehead atoms. The van der Waals surface area contributed by atoms with Crippen LogP contribution in [0.2, 0.25) is 0 Å². The van der Waals surface area contributed by atoms with Gasteiger partial charge in [0.1, 0.15) is 6.04 Å². The highest BCUT2D eigenvalue weighted by atomic mass is 16.2. The molecule has 2 aromatic rings. The highest BCUT2D eigenvalue weighted by Gasteiger charge is 2.24. The van der Waals surface area contributed by atoms with Crippen molar-refractivity contribution in [3.8, 4) is 0 Å². The van der Waals surface area contributed by atoms with Crippen molar-refractivity contribution in [1.82, 2.24) is 5.32 Å². The Morgan fingerprint density at radius 1 is 0.931 bits per heavy atom. The summed E-state index contributed by atoms with van der Waals surface area (Å²) in [5.41, 5.74) is 4.04. The summed E-state index contributed by atoms with van der Waals surface area (Å²) in [5.74, 6) is 0.172. The summed E-state index contributed by atoms with van der Waals surface area (Å²) >= 11 is 0. The molecule has 0 aromatic heterocycles. The summed E-state index contributed by atoms with van der Waals surface area (Å²) in [6.07, 6.45) is 0.981. The number of nitrogens with one attached hydrogen (secondary N) is 2. The van der Waals surface area contributed by atoms with Crippen LogP contribution in [0.25, 0.3) is 0 Å². The Kier molecular flexibility index (Phi) is 8.40. The maximum Gasteiger partial charge on any atom is 0.278 e. The van der Waals surface area contributed by atoms with Crippen LogP contribution in [0.15, 0.2) is 48.5 Å². The van der Waals surface area contributed by atoms with Gasteiger partial charge in [-0.15, -0.1) is 0 Å². The number of nitrogens with two attached hydrogens (primary N) is 1. The number of aryl methyl sites for hydroxylation is 2. The smallest absolute Gasteiger partial charge is 0.278 e. The number of amides is 2. The van der Waals surface area contributed by atoms with Gasteiger partial charge in [-0.2, -0.15) is 0 Å². The SMILES string of the molecule is Cc1cccc(C)c1NC(=O)CNC(=O)[C@@H](C)[NH2+][C@@H](CC(C)C)c1ccccc1. The zero-order valence-corrected chi connectivity index (χ0v) is 18.2. The monoisotopic (exact) mass is 396 g/mol. The van der Waals surface area contributed by atoms with Gasteiger partial charge in [0.2, 0.25) is 5.91 Å². The van der Waals surface area contributed by atoms with Crippen LogP contribution in [0, 0.1) is 19.8 Å². The molecule has 2 amide bonds. The van der Waals surface area contributed by atoms with Crippen molar-refractivity contribution in [1.29, 1.82) is 0 Å². The average Bonchev–Trinajstić information content (AvgIpc) is 2.68. The van der Waals surface area contributed by atoms with Gasteiger partial charge in [0.25, 0.3) is 5.91 Å². The average molecular weight is 397 g/mol. The van der Waals surface area contributed by atoms with Crippen molar-refractivity contribution in [2.75, 3.05) is 11.9 Å². The number of benzene rings is 2. The second kappa shape index (κ2) is 10.8. The van der Waals surface area contributed by atoms with Crippen molar-refractivity contribution >= 4 is 17.5 Å². The molecule has 2 rings (SSSR count). The second-order valence-electron chi connectivity index (χ2n) is 8.16. The van der Waals surface area contributed by atoms with Crippen molar-refractivity contribution in [2.45, 2.75) is 53.1 Å². The van der Waals surface area contributed by atoms with Crippen LogP contribution in [-0.2, 0) is 9.59 Å². The van der Waals surface area contributed by atoms with Crippen LogP contribution in [0.1, 0.15) is 49.9 Å². The van der Waals surface area contributed by atoms with Gasteiger partial charge in [0.05, 0.1) is 6.54 Å². The van der Waals surface area contributed by atoms with Gasteiger partial charge in [-0.1, -0.05) is 62.4 Å². The lowest BCUT2D eigenvalue weighted by Crippen LogP contribution is -2.92. The summed E-state index contributed by atoms with van der Waals surface area (Å²) in [4.78, 5) is 24.9. The first-order chi connectivity index (χ1) is 13.8. The van der Waals surface area contributed by atoms with E-state index in [4.69, 9.17) is 0 Å². The summed E-state index contributed by atoms with van der Waals surface area (Å²) in [7, 11) is 0. The highest BCUT2D eigenvalue weighted by Crippen LogP contribution is 2.19. The van der Waals surface area contributed by atoms with E-state index in [9.17, 15) is 9.59 Å². The summed E-state index contributed by atoms with van der Waals surface area (Å²) < 4.78 is 0. The van der Waals surface area contributed by atoms with Crippen LogP contribution in [-0.4, -0.2) is 24.4 Å². The van der Waals surface area contributed by atoms with Crippen LogP contribution in [0.3, 0.4) is 0 Å². The minimum absolute atomic E-state index is 0.0367. The van der Waals surface area contributed by atoms with Gasteiger partial charge in [0.15, 0.2) is 6.04 Å².